The summed E-state index contributed by atoms with van der Waals surface area (Å²) < 4.78 is 26.2. The monoisotopic (exact) mass is 340 g/mol. The summed E-state index contributed by atoms with van der Waals surface area (Å²) in [6, 6.07) is 3.44. The van der Waals surface area contributed by atoms with E-state index in [2.05, 4.69) is 17.1 Å². The Labute approximate surface area is 141 Å². The van der Waals surface area contributed by atoms with Crippen LogP contribution in [0.25, 0.3) is 0 Å². The summed E-state index contributed by atoms with van der Waals surface area (Å²) in [5.41, 5.74) is 0.408. The van der Waals surface area contributed by atoms with Gasteiger partial charge in [-0.25, -0.2) is 8.78 Å². The van der Waals surface area contributed by atoms with Gasteiger partial charge in [0, 0.05) is 13.1 Å². The number of likely N-dealkylation sites (tertiary alicyclic amines) is 1. The Kier molecular flexibility index (Phi) is 6.69. The number of amides is 1. The molecule has 0 radical (unpaired) electrons. The first-order chi connectivity index (χ1) is 11.4. The SMILES string of the molecule is CC1CCN(C[C@@H](O)CNC(=O)[C@H](C)c2ccc(F)c(F)c2)CC1. The number of nitrogens with one attached hydrogen (secondary N) is 1. The topological polar surface area (TPSA) is 52.6 Å². The van der Waals surface area contributed by atoms with Gasteiger partial charge in [-0.1, -0.05) is 13.0 Å². The molecule has 0 spiro atoms. The lowest BCUT2D eigenvalue weighted by molar-refractivity contribution is -0.122. The second-order valence-corrected chi connectivity index (χ2v) is 6.78. The molecule has 1 aliphatic heterocycles. The van der Waals surface area contributed by atoms with Crippen LogP contribution in [0.15, 0.2) is 18.2 Å². The molecule has 1 aromatic rings. The summed E-state index contributed by atoms with van der Waals surface area (Å²) in [5.74, 6) is -2.09. The molecule has 0 bridgehead atoms. The van der Waals surface area contributed by atoms with E-state index in [1.807, 2.05) is 0 Å². The Morgan fingerprint density at radius 1 is 1.33 bits per heavy atom. The van der Waals surface area contributed by atoms with E-state index in [1.165, 1.54) is 6.07 Å². The molecule has 6 heteroatoms. The van der Waals surface area contributed by atoms with Crippen LogP contribution in [0.4, 0.5) is 8.78 Å². The summed E-state index contributed by atoms with van der Waals surface area (Å²) in [6.45, 7) is 6.48. The zero-order valence-corrected chi connectivity index (χ0v) is 14.3. The summed E-state index contributed by atoms with van der Waals surface area (Å²) in [5, 5.41) is 12.8. The van der Waals surface area contributed by atoms with E-state index < -0.39 is 23.7 Å². The fourth-order valence-electron chi connectivity index (χ4n) is 2.91. The number of hydrogen-bond donors (Lipinski definition) is 2. The minimum absolute atomic E-state index is 0.152. The van der Waals surface area contributed by atoms with Crippen molar-refractivity contribution >= 4 is 5.91 Å². The zero-order valence-electron chi connectivity index (χ0n) is 14.3. The van der Waals surface area contributed by atoms with E-state index >= 15 is 0 Å². The first-order valence-corrected chi connectivity index (χ1v) is 8.50. The van der Waals surface area contributed by atoms with Crippen LogP contribution in [0.3, 0.4) is 0 Å². The van der Waals surface area contributed by atoms with Crippen molar-refractivity contribution in [1.82, 2.24) is 10.2 Å². The lowest BCUT2D eigenvalue weighted by Gasteiger charge is -2.31. The highest BCUT2D eigenvalue weighted by molar-refractivity contribution is 5.83. The summed E-state index contributed by atoms with van der Waals surface area (Å²) in [7, 11) is 0. The van der Waals surface area contributed by atoms with E-state index in [0.29, 0.717) is 12.1 Å². The largest absolute Gasteiger partial charge is 0.390 e. The maximum Gasteiger partial charge on any atom is 0.227 e. The number of piperidine rings is 1. The average molecular weight is 340 g/mol. The lowest BCUT2D eigenvalue weighted by Crippen LogP contribution is -2.43. The maximum atomic E-state index is 13.3. The molecule has 24 heavy (non-hydrogen) atoms. The molecule has 1 aromatic carbocycles. The molecular weight excluding hydrogens is 314 g/mol. The highest BCUT2D eigenvalue weighted by Gasteiger charge is 2.20. The Morgan fingerprint density at radius 3 is 2.62 bits per heavy atom. The van der Waals surface area contributed by atoms with Crippen molar-refractivity contribution in [2.75, 3.05) is 26.2 Å². The van der Waals surface area contributed by atoms with Gasteiger partial charge < -0.3 is 15.3 Å². The molecule has 2 atom stereocenters. The van der Waals surface area contributed by atoms with Gasteiger partial charge in [-0.15, -0.1) is 0 Å². The van der Waals surface area contributed by atoms with Crippen LogP contribution in [0.5, 0.6) is 0 Å². The van der Waals surface area contributed by atoms with Gasteiger partial charge in [0.05, 0.1) is 12.0 Å². The van der Waals surface area contributed by atoms with Crippen LogP contribution in [0.1, 0.15) is 38.2 Å². The molecule has 1 aliphatic rings. The normalized spacial score (nSPS) is 19.0. The van der Waals surface area contributed by atoms with Crippen molar-refractivity contribution in [1.29, 1.82) is 0 Å². The molecule has 0 aliphatic carbocycles. The number of carbonyl (C=O) groups excluding carboxylic acids is 1. The molecule has 2 rings (SSSR count). The lowest BCUT2D eigenvalue weighted by atomic mass is 9.99. The van der Waals surface area contributed by atoms with Crippen molar-refractivity contribution in [2.45, 2.75) is 38.7 Å². The van der Waals surface area contributed by atoms with Gasteiger partial charge in [0.15, 0.2) is 11.6 Å². The number of nitrogens with zero attached hydrogens (tertiary/aromatic N) is 1. The number of aliphatic hydroxyl groups is 1. The molecule has 134 valence electrons. The fraction of sp³-hybridized carbons (Fsp3) is 0.611. The van der Waals surface area contributed by atoms with Gasteiger partial charge in [-0.05, 0) is 56.5 Å². The van der Waals surface area contributed by atoms with Crippen LogP contribution in [-0.2, 0) is 4.79 Å². The number of rotatable bonds is 6. The summed E-state index contributed by atoms with van der Waals surface area (Å²) in [4.78, 5) is 14.3. The Morgan fingerprint density at radius 2 is 2.00 bits per heavy atom. The predicted octanol–water partition coefficient (Wildman–Crippen LogP) is 2.28. The first kappa shape index (κ1) is 18.8. The highest BCUT2D eigenvalue weighted by atomic mass is 19.2. The Hall–Kier alpha value is -1.53. The van der Waals surface area contributed by atoms with Gasteiger partial charge in [0.2, 0.25) is 5.91 Å². The van der Waals surface area contributed by atoms with Crippen molar-refractivity contribution in [3.8, 4) is 0 Å². The summed E-state index contributed by atoms with van der Waals surface area (Å²) in [6.07, 6.45) is 1.62. The van der Waals surface area contributed by atoms with Crippen LogP contribution in [-0.4, -0.2) is 48.2 Å². The zero-order chi connectivity index (χ0) is 17.7. The molecule has 0 saturated carbocycles. The molecule has 0 unspecified atom stereocenters. The Bertz CT molecular complexity index is 560. The van der Waals surface area contributed by atoms with E-state index in [-0.39, 0.29) is 12.5 Å². The second kappa shape index (κ2) is 8.53. The number of β-amino-alcohol motifs (C(OH)–C–C–N with tert-alkyl or cyclic N) is 1. The number of halogens is 2. The van der Waals surface area contributed by atoms with E-state index in [4.69, 9.17) is 0 Å². The third-order valence-electron chi connectivity index (χ3n) is 4.69. The van der Waals surface area contributed by atoms with Crippen LogP contribution in [0.2, 0.25) is 0 Å². The molecule has 1 heterocycles. The third-order valence-corrected chi connectivity index (χ3v) is 4.69. The minimum atomic E-state index is -0.966. The molecule has 1 fully saturated rings. The maximum absolute atomic E-state index is 13.3. The highest BCUT2D eigenvalue weighted by Crippen LogP contribution is 2.18. The number of aliphatic hydroxyl groups excluding tert-OH is 1. The molecule has 1 amide bonds. The van der Waals surface area contributed by atoms with Gasteiger partial charge >= 0.3 is 0 Å². The van der Waals surface area contributed by atoms with Crippen molar-refractivity contribution < 1.29 is 18.7 Å². The Balaban J connectivity index is 1.78. The van der Waals surface area contributed by atoms with E-state index in [1.54, 1.807) is 6.92 Å². The van der Waals surface area contributed by atoms with Gasteiger partial charge in [-0.3, -0.25) is 4.79 Å². The average Bonchev–Trinajstić information content (AvgIpc) is 2.56. The second-order valence-electron chi connectivity index (χ2n) is 6.78. The first-order valence-electron chi connectivity index (χ1n) is 8.50. The van der Waals surface area contributed by atoms with Gasteiger partial charge in [-0.2, -0.15) is 0 Å². The van der Waals surface area contributed by atoms with Crippen molar-refractivity contribution in [3.05, 3.63) is 35.4 Å². The quantitative estimate of drug-likeness (QED) is 0.835. The summed E-state index contributed by atoms with van der Waals surface area (Å²) >= 11 is 0. The fourth-order valence-corrected chi connectivity index (χ4v) is 2.91. The van der Waals surface area contributed by atoms with Crippen molar-refractivity contribution in [3.63, 3.8) is 0 Å². The number of hydrogen-bond acceptors (Lipinski definition) is 3. The van der Waals surface area contributed by atoms with Crippen molar-refractivity contribution in [2.24, 2.45) is 5.92 Å². The number of benzene rings is 1. The van der Waals surface area contributed by atoms with Gasteiger partial charge in [0.25, 0.3) is 0 Å². The molecule has 2 N–H and O–H groups in total. The van der Waals surface area contributed by atoms with Gasteiger partial charge in [0.1, 0.15) is 0 Å². The molecular formula is C18H26F2N2O2. The molecule has 0 aromatic heterocycles. The smallest absolute Gasteiger partial charge is 0.227 e. The number of carbonyl (C=O) groups is 1. The standard InChI is InChI=1S/C18H26F2N2O2/c1-12-5-7-22(8-6-12)11-15(23)10-21-18(24)13(2)14-3-4-16(19)17(20)9-14/h3-4,9,12-13,15,23H,5-8,10-11H2,1-2H3,(H,21,24)/t13-,15+/m1/s1. The molecule has 1 saturated heterocycles. The van der Waals surface area contributed by atoms with E-state index in [9.17, 15) is 18.7 Å². The third kappa shape index (κ3) is 5.24. The minimum Gasteiger partial charge on any atom is -0.390 e. The van der Waals surface area contributed by atoms with Crippen LogP contribution >= 0.6 is 0 Å². The van der Waals surface area contributed by atoms with Crippen LogP contribution < -0.4 is 5.32 Å². The predicted molar refractivity (Wildman–Crippen MR) is 88.6 cm³/mol. The molecule has 4 nitrogen and oxygen atoms in total. The van der Waals surface area contributed by atoms with E-state index in [0.717, 1.165) is 44.0 Å². The van der Waals surface area contributed by atoms with Crippen LogP contribution in [0, 0.1) is 17.6 Å².